The fourth-order valence-electron chi connectivity index (χ4n) is 2.60. The van der Waals surface area contributed by atoms with Crippen molar-refractivity contribution in [3.63, 3.8) is 0 Å². The first kappa shape index (κ1) is 19.2. The average Bonchev–Trinajstić information content (AvgIpc) is 2.68. The lowest BCUT2D eigenvalue weighted by atomic mass is 10.0. The van der Waals surface area contributed by atoms with Crippen LogP contribution in [-0.4, -0.2) is 16.8 Å². The Morgan fingerprint density at radius 2 is 1.39 bits per heavy atom. The molecule has 5 nitrogen and oxygen atoms in total. The Bertz CT molecular complexity index is 1000. The van der Waals surface area contributed by atoms with E-state index in [9.17, 15) is 14.0 Å². The van der Waals surface area contributed by atoms with E-state index in [1.54, 1.807) is 12.1 Å². The van der Waals surface area contributed by atoms with Crippen LogP contribution in [0.25, 0.3) is 0 Å². The second-order valence-corrected chi connectivity index (χ2v) is 6.60. The number of anilines is 2. The molecule has 0 saturated heterocycles. The molecule has 0 radical (unpaired) electrons. The minimum Gasteiger partial charge on any atom is -0.321 e. The average molecular weight is 377 g/mol. The highest BCUT2D eigenvalue weighted by Crippen LogP contribution is 2.18. The molecule has 0 aliphatic heterocycles. The maximum atomic E-state index is 13.2. The molecule has 0 aliphatic carbocycles. The van der Waals surface area contributed by atoms with Crippen LogP contribution in [0.3, 0.4) is 0 Å². The van der Waals surface area contributed by atoms with Gasteiger partial charge in [-0.2, -0.15) is 0 Å². The molecule has 0 aliphatic rings. The summed E-state index contributed by atoms with van der Waals surface area (Å²) in [5.41, 5.74) is 2.30. The highest BCUT2D eigenvalue weighted by molar-refractivity contribution is 6.06. The van der Waals surface area contributed by atoms with Gasteiger partial charge in [-0.3, -0.25) is 9.59 Å². The number of hydrogen-bond donors (Lipinski definition) is 2. The predicted octanol–water partition coefficient (Wildman–Crippen LogP) is 4.85. The molecule has 1 aromatic heterocycles. The maximum absolute atomic E-state index is 13.2. The topological polar surface area (TPSA) is 71.1 Å². The SMILES string of the molecule is CC(C)c1ccc(NC(=O)c2cccc(C(=O)Nc3cccc(F)c3)n2)cc1. The maximum Gasteiger partial charge on any atom is 0.274 e. The van der Waals surface area contributed by atoms with Gasteiger partial charge in [-0.1, -0.05) is 38.1 Å². The van der Waals surface area contributed by atoms with Crippen LogP contribution < -0.4 is 10.6 Å². The zero-order valence-electron chi connectivity index (χ0n) is 15.6. The summed E-state index contributed by atoms with van der Waals surface area (Å²) in [5, 5.41) is 5.32. The molecular formula is C22H20FN3O2. The van der Waals surface area contributed by atoms with Crippen molar-refractivity contribution >= 4 is 23.2 Å². The molecule has 3 aromatic rings. The van der Waals surface area contributed by atoms with Crippen molar-refractivity contribution in [1.82, 2.24) is 4.98 Å². The Morgan fingerprint density at radius 3 is 1.96 bits per heavy atom. The van der Waals surface area contributed by atoms with Gasteiger partial charge in [0.2, 0.25) is 0 Å². The largest absolute Gasteiger partial charge is 0.321 e. The molecule has 0 unspecified atom stereocenters. The Balaban J connectivity index is 1.71. The molecule has 0 saturated carbocycles. The van der Waals surface area contributed by atoms with Crippen LogP contribution in [0, 0.1) is 5.82 Å². The molecule has 0 bridgehead atoms. The summed E-state index contributed by atoms with van der Waals surface area (Å²) in [6.07, 6.45) is 0. The number of carbonyl (C=O) groups excluding carboxylic acids is 2. The van der Waals surface area contributed by atoms with E-state index in [1.165, 1.54) is 35.9 Å². The third-order valence-electron chi connectivity index (χ3n) is 4.13. The lowest BCUT2D eigenvalue weighted by Crippen LogP contribution is -2.18. The molecule has 2 aromatic carbocycles. The zero-order valence-corrected chi connectivity index (χ0v) is 15.6. The van der Waals surface area contributed by atoms with E-state index in [4.69, 9.17) is 0 Å². The van der Waals surface area contributed by atoms with Crippen LogP contribution in [-0.2, 0) is 0 Å². The van der Waals surface area contributed by atoms with Crippen molar-refractivity contribution in [3.05, 3.63) is 89.5 Å². The third kappa shape index (κ3) is 4.79. The van der Waals surface area contributed by atoms with Crippen LogP contribution in [0.1, 0.15) is 46.3 Å². The number of carbonyl (C=O) groups is 2. The minimum absolute atomic E-state index is 0.0621. The van der Waals surface area contributed by atoms with Crippen molar-refractivity contribution in [1.29, 1.82) is 0 Å². The van der Waals surface area contributed by atoms with Crippen molar-refractivity contribution in [2.24, 2.45) is 0 Å². The highest BCUT2D eigenvalue weighted by atomic mass is 19.1. The number of halogens is 1. The monoisotopic (exact) mass is 377 g/mol. The third-order valence-corrected chi connectivity index (χ3v) is 4.13. The molecule has 1 heterocycles. The molecule has 0 fully saturated rings. The van der Waals surface area contributed by atoms with Crippen molar-refractivity contribution in [3.8, 4) is 0 Å². The lowest BCUT2D eigenvalue weighted by Gasteiger charge is -2.09. The number of benzene rings is 2. The van der Waals surface area contributed by atoms with Crippen LogP contribution in [0.4, 0.5) is 15.8 Å². The first-order chi connectivity index (χ1) is 13.4. The van der Waals surface area contributed by atoms with Crippen LogP contribution in [0.2, 0.25) is 0 Å². The first-order valence-corrected chi connectivity index (χ1v) is 8.87. The smallest absolute Gasteiger partial charge is 0.274 e. The Morgan fingerprint density at radius 1 is 0.821 bits per heavy atom. The number of hydrogen-bond acceptors (Lipinski definition) is 3. The molecule has 3 rings (SSSR count). The standard InChI is InChI=1S/C22H20FN3O2/c1-14(2)15-9-11-17(12-10-15)24-21(27)19-7-4-8-20(26-19)22(28)25-18-6-3-5-16(23)13-18/h3-14H,1-2H3,(H,24,27)(H,25,28). The number of pyridine rings is 1. The van der Waals surface area contributed by atoms with E-state index < -0.39 is 17.6 Å². The Hall–Kier alpha value is -3.54. The molecular weight excluding hydrogens is 357 g/mol. The second kappa shape index (κ2) is 8.43. The molecule has 2 N–H and O–H groups in total. The number of rotatable bonds is 5. The summed E-state index contributed by atoms with van der Waals surface area (Å²) in [5.74, 6) is -0.999. The number of nitrogens with zero attached hydrogens (tertiary/aromatic N) is 1. The second-order valence-electron chi connectivity index (χ2n) is 6.60. The molecule has 6 heteroatoms. The quantitative estimate of drug-likeness (QED) is 0.668. The van der Waals surface area contributed by atoms with E-state index in [1.807, 2.05) is 24.3 Å². The predicted molar refractivity (Wildman–Crippen MR) is 107 cm³/mol. The summed E-state index contributed by atoms with van der Waals surface area (Å²) in [7, 11) is 0. The fraction of sp³-hybridized carbons (Fsp3) is 0.136. The van der Waals surface area contributed by atoms with E-state index in [2.05, 4.69) is 29.5 Å². The van der Waals surface area contributed by atoms with Crippen LogP contribution in [0.15, 0.2) is 66.7 Å². The van der Waals surface area contributed by atoms with Gasteiger partial charge < -0.3 is 10.6 Å². The first-order valence-electron chi connectivity index (χ1n) is 8.87. The van der Waals surface area contributed by atoms with Gasteiger partial charge in [-0.05, 0) is 53.9 Å². The van der Waals surface area contributed by atoms with Gasteiger partial charge in [0.05, 0.1) is 0 Å². The summed E-state index contributed by atoms with van der Waals surface area (Å²) >= 11 is 0. The van der Waals surface area contributed by atoms with Crippen molar-refractivity contribution in [2.45, 2.75) is 19.8 Å². The fourth-order valence-corrected chi connectivity index (χ4v) is 2.60. The van der Waals surface area contributed by atoms with E-state index >= 15 is 0 Å². The van der Waals surface area contributed by atoms with Crippen LogP contribution >= 0.6 is 0 Å². The van der Waals surface area contributed by atoms with Crippen molar-refractivity contribution < 1.29 is 14.0 Å². The van der Waals surface area contributed by atoms with Crippen molar-refractivity contribution in [2.75, 3.05) is 10.6 Å². The number of amides is 2. The van der Waals surface area contributed by atoms with Gasteiger partial charge in [0, 0.05) is 11.4 Å². The van der Waals surface area contributed by atoms with Gasteiger partial charge >= 0.3 is 0 Å². The van der Waals surface area contributed by atoms with Gasteiger partial charge in [0.25, 0.3) is 11.8 Å². The summed E-state index contributed by atoms with van der Waals surface area (Å²) in [6, 6.07) is 17.7. The van der Waals surface area contributed by atoms with Gasteiger partial charge in [0.15, 0.2) is 0 Å². The van der Waals surface area contributed by atoms with E-state index in [0.29, 0.717) is 17.3 Å². The zero-order chi connectivity index (χ0) is 20.1. The number of nitrogens with one attached hydrogen (secondary N) is 2. The van der Waals surface area contributed by atoms with Gasteiger partial charge in [-0.25, -0.2) is 9.37 Å². The van der Waals surface area contributed by atoms with Gasteiger partial charge in [-0.15, -0.1) is 0 Å². The lowest BCUT2D eigenvalue weighted by molar-refractivity contribution is 0.101. The Labute approximate surface area is 162 Å². The molecule has 0 spiro atoms. The molecule has 0 atom stereocenters. The molecule has 28 heavy (non-hydrogen) atoms. The molecule has 142 valence electrons. The number of aromatic nitrogens is 1. The summed E-state index contributed by atoms with van der Waals surface area (Å²) in [4.78, 5) is 28.9. The van der Waals surface area contributed by atoms with E-state index in [-0.39, 0.29) is 11.4 Å². The Kier molecular flexibility index (Phi) is 5.79. The highest BCUT2D eigenvalue weighted by Gasteiger charge is 2.13. The normalized spacial score (nSPS) is 10.6. The van der Waals surface area contributed by atoms with Crippen LogP contribution in [0.5, 0.6) is 0 Å². The summed E-state index contributed by atoms with van der Waals surface area (Å²) in [6.45, 7) is 4.19. The van der Waals surface area contributed by atoms with Gasteiger partial charge in [0.1, 0.15) is 17.2 Å². The van der Waals surface area contributed by atoms with E-state index in [0.717, 1.165) is 0 Å². The minimum atomic E-state index is -0.526. The molecule has 2 amide bonds. The summed E-state index contributed by atoms with van der Waals surface area (Å²) < 4.78 is 13.2.